The quantitative estimate of drug-likeness (QED) is 0.467. The zero-order valence-electron chi connectivity index (χ0n) is 8.93. The highest BCUT2D eigenvalue weighted by Gasteiger charge is 2.18. The first-order valence-corrected chi connectivity index (χ1v) is 5.48. The van der Waals surface area contributed by atoms with Crippen molar-refractivity contribution in [3.63, 3.8) is 0 Å². The molecule has 84 valence electrons. The van der Waals surface area contributed by atoms with Crippen LogP contribution in [0, 0.1) is 5.92 Å². The van der Waals surface area contributed by atoms with Crippen molar-refractivity contribution < 1.29 is 9.90 Å². The van der Waals surface area contributed by atoms with Gasteiger partial charge in [-0.25, -0.2) is 0 Å². The Morgan fingerprint density at radius 2 is 2.06 bits per heavy atom. The first-order chi connectivity index (χ1) is 7.65. The molecular formula is C13H14O2S. The summed E-state index contributed by atoms with van der Waals surface area (Å²) in [5.41, 5.74) is 0.924. The van der Waals surface area contributed by atoms with E-state index in [0.717, 1.165) is 5.56 Å². The number of thiocarbonyl (C=S) groups is 1. The van der Waals surface area contributed by atoms with E-state index in [2.05, 4.69) is 6.58 Å². The third-order valence-electron chi connectivity index (χ3n) is 2.33. The molecule has 3 heteroatoms. The van der Waals surface area contributed by atoms with Gasteiger partial charge >= 0.3 is 5.97 Å². The van der Waals surface area contributed by atoms with Gasteiger partial charge in [-0.2, -0.15) is 0 Å². The Morgan fingerprint density at radius 1 is 1.44 bits per heavy atom. The number of hydrogen-bond acceptors (Lipinski definition) is 2. The Bertz CT molecular complexity index is 384. The van der Waals surface area contributed by atoms with E-state index < -0.39 is 11.9 Å². The Labute approximate surface area is 101 Å². The number of carboxylic acids is 1. The van der Waals surface area contributed by atoms with E-state index in [1.807, 2.05) is 30.3 Å². The molecular weight excluding hydrogens is 220 g/mol. The van der Waals surface area contributed by atoms with Gasteiger partial charge in [-0.1, -0.05) is 48.6 Å². The van der Waals surface area contributed by atoms with Crippen LogP contribution in [0.1, 0.15) is 18.4 Å². The molecule has 0 radical (unpaired) electrons. The predicted molar refractivity (Wildman–Crippen MR) is 68.7 cm³/mol. The molecule has 2 nitrogen and oxygen atoms in total. The van der Waals surface area contributed by atoms with Gasteiger partial charge in [0.2, 0.25) is 0 Å². The molecule has 0 aliphatic carbocycles. The zero-order chi connectivity index (χ0) is 12.0. The highest BCUT2D eigenvalue weighted by atomic mass is 32.1. The highest BCUT2D eigenvalue weighted by molar-refractivity contribution is 7.80. The Morgan fingerprint density at radius 3 is 2.56 bits per heavy atom. The second kappa shape index (κ2) is 6.18. The third kappa shape index (κ3) is 3.59. The average Bonchev–Trinajstić information content (AvgIpc) is 2.29. The van der Waals surface area contributed by atoms with Crippen LogP contribution in [0.3, 0.4) is 0 Å². The van der Waals surface area contributed by atoms with Crippen LogP contribution in [0.5, 0.6) is 0 Å². The maximum Gasteiger partial charge on any atom is 0.307 e. The summed E-state index contributed by atoms with van der Waals surface area (Å²) in [6.07, 6.45) is 2.45. The monoisotopic (exact) mass is 234 g/mol. The Balaban J connectivity index is 2.69. The average molecular weight is 234 g/mol. The van der Waals surface area contributed by atoms with Crippen LogP contribution in [0.25, 0.3) is 0 Å². The topological polar surface area (TPSA) is 37.3 Å². The normalized spacial score (nSPS) is 11.8. The van der Waals surface area contributed by atoms with E-state index in [1.54, 1.807) is 6.08 Å². The van der Waals surface area contributed by atoms with Crippen molar-refractivity contribution in [2.75, 3.05) is 0 Å². The van der Waals surface area contributed by atoms with Crippen molar-refractivity contribution in [3.05, 3.63) is 48.6 Å². The van der Waals surface area contributed by atoms with Crippen LogP contribution < -0.4 is 0 Å². The fourth-order valence-corrected chi connectivity index (χ4v) is 1.78. The van der Waals surface area contributed by atoms with Gasteiger partial charge in [0.1, 0.15) is 0 Å². The van der Waals surface area contributed by atoms with Gasteiger partial charge in [-0.15, -0.1) is 6.58 Å². The molecule has 16 heavy (non-hydrogen) atoms. The van der Waals surface area contributed by atoms with Crippen molar-refractivity contribution in [2.24, 2.45) is 5.92 Å². The summed E-state index contributed by atoms with van der Waals surface area (Å²) < 4.78 is 0. The van der Waals surface area contributed by atoms with Crippen LogP contribution in [-0.4, -0.2) is 15.9 Å². The van der Waals surface area contributed by atoms with E-state index in [-0.39, 0.29) is 0 Å². The fourth-order valence-electron chi connectivity index (χ4n) is 1.44. The van der Waals surface area contributed by atoms with Crippen molar-refractivity contribution >= 4 is 23.1 Å². The van der Waals surface area contributed by atoms with Gasteiger partial charge < -0.3 is 5.11 Å². The summed E-state index contributed by atoms with van der Waals surface area (Å²) in [5.74, 6) is -1.29. The predicted octanol–water partition coefficient (Wildman–Crippen LogP) is 3.07. The number of hydrogen-bond donors (Lipinski definition) is 1. The molecule has 0 saturated carbocycles. The maximum absolute atomic E-state index is 10.9. The standard InChI is InChI=1S/C13H14O2S/c1-2-6-11(13(14)15)9-12(16)10-7-4-3-5-8-10/h2-5,7-8,11H,1,6,9H2,(H,14,15). The van der Waals surface area contributed by atoms with E-state index in [0.29, 0.717) is 17.7 Å². The van der Waals surface area contributed by atoms with Gasteiger partial charge in [0.25, 0.3) is 0 Å². The molecule has 1 aromatic carbocycles. The molecule has 1 aromatic rings. The minimum atomic E-state index is -0.821. The van der Waals surface area contributed by atoms with E-state index >= 15 is 0 Å². The van der Waals surface area contributed by atoms with Crippen LogP contribution in [-0.2, 0) is 4.79 Å². The van der Waals surface area contributed by atoms with Crippen LogP contribution in [0.4, 0.5) is 0 Å². The van der Waals surface area contributed by atoms with E-state index in [4.69, 9.17) is 17.3 Å². The van der Waals surface area contributed by atoms with Crippen LogP contribution >= 0.6 is 12.2 Å². The zero-order valence-corrected chi connectivity index (χ0v) is 9.74. The summed E-state index contributed by atoms with van der Waals surface area (Å²) in [4.78, 5) is 11.6. The molecule has 0 aromatic heterocycles. The van der Waals surface area contributed by atoms with Crippen LogP contribution in [0.15, 0.2) is 43.0 Å². The number of aliphatic carboxylic acids is 1. The van der Waals surface area contributed by atoms with Crippen molar-refractivity contribution in [1.82, 2.24) is 0 Å². The summed E-state index contributed by atoms with van der Waals surface area (Å²) in [6, 6.07) is 9.49. The molecule has 1 N–H and O–H groups in total. The lowest BCUT2D eigenvalue weighted by Crippen LogP contribution is -2.16. The smallest absolute Gasteiger partial charge is 0.307 e. The van der Waals surface area contributed by atoms with Gasteiger partial charge in [0.05, 0.1) is 5.92 Å². The van der Waals surface area contributed by atoms with Crippen molar-refractivity contribution in [2.45, 2.75) is 12.8 Å². The third-order valence-corrected chi connectivity index (χ3v) is 2.73. The lowest BCUT2D eigenvalue weighted by atomic mass is 9.96. The molecule has 0 amide bonds. The molecule has 0 saturated heterocycles. The maximum atomic E-state index is 10.9. The Hall–Kier alpha value is -1.48. The van der Waals surface area contributed by atoms with Gasteiger partial charge in [0, 0.05) is 4.86 Å². The second-order valence-corrected chi connectivity index (χ2v) is 4.05. The Kier molecular flexibility index (Phi) is 4.86. The molecule has 0 aliphatic heterocycles. The van der Waals surface area contributed by atoms with Crippen molar-refractivity contribution in [1.29, 1.82) is 0 Å². The minimum Gasteiger partial charge on any atom is -0.481 e. The molecule has 0 aliphatic rings. The molecule has 0 heterocycles. The lowest BCUT2D eigenvalue weighted by molar-refractivity contribution is -0.141. The van der Waals surface area contributed by atoms with Gasteiger partial charge in [-0.05, 0) is 18.4 Å². The second-order valence-electron chi connectivity index (χ2n) is 3.55. The van der Waals surface area contributed by atoms with Crippen LogP contribution in [0.2, 0.25) is 0 Å². The number of benzene rings is 1. The first kappa shape index (κ1) is 12.6. The largest absolute Gasteiger partial charge is 0.481 e. The fraction of sp³-hybridized carbons (Fsp3) is 0.231. The van der Waals surface area contributed by atoms with Crippen molar-refractivity contribution in [3.8, 4) is 0 Å². The number of allylic oxidation sites excluding steroid dienone is 1. The summed E-state index contributed by atoms with van der Waals surface area (Å²) >= 11 is 5.23. The van der Waals surface area contributed by atoms with Gasteiger partial charge in [-0.3, -0.25) is 4.79 Å². The molecule has 1 atom stereocenters. The summed E-state index contributed by atoms with van der Waals surface area (Å²) in [5, 5.41) is 8.99. The summed E-state index contributed by atoms with van der Waals surface area (Å²) in [6.45, 7) is 3.56. The highest BCUT2D eigenvalue weighted by Crippen LogP contribution is 2.15. The first-order valence-electron chi connectivity index (χ1n) is 5.07. The SMILES string of the molecule is C=CCC(CC(=S)c1ccccc1)C(=O)O. The molecule has 1 unspecified atom stereocenters. The molecule has 0 spiro atoms. The molecule has 0 fully saturated rings. The lowest BCUT2D eigenvalue weighted by Gasteiger charge is -2.10. The number of rotatable bonds is 6. The van der Waals surface area contributed by atoms with E-state index in [9.17, 15) is 4.79 Å². The minimum absolute atomic E-state index is 0.390. The number of carbonyl (C=O) groups is 1. The number of carboxylic acid groups (broad SMARTS) is 1. The molecule has 0 bridgehead atoms. The van der Waals surface area contributed by atoms with E-state index in [1.165, 1.54) is 0 Å². The van der Waals surface area contributed by atoms with Gasteiger partial charge in [0.15, 0.2) is 0 Å². The molecule has 1 rings (SSSR count). The summed E-state index contributed by atoms with van der Waals surface area (Å²) in [7, 11) is 0.